The number of aromatic nitrogens is 2. The average Bonchev–Trinajstić information content (AvgIpc) is 3.29. The normalized spacial score (nSPS) is 20.9. The second kappa shape index (κ2) is 9.55. The summed E-state index contributed by atoms with van der Waals surface area (Å²) in [6.45, 7) is 1.50. The van der Waals surface area contributed by atoms with E-state index in [-0.39, 0.29) is 36.8 Å². The van der Waals surface area contributed by atoms with Gasteiger partial charge in [0, 0.05) is 36.2 Å². The average molecular weight is 413 g/mol. The summed E-state index contributed by atoms with van der Waals surface area (Å²) < 4.78 is 7.94. The van der Waals surface area contributed by atoms with Crippen LogP contribution in [0.3, 0.4) is 0 Å². The van der Waals surface area contributed by atoms with E-state index in [1.165, 1.54) is 18.5 Å². The molecule has 1 fully saturated rings. The van der Waals surface area contributed by atoms with Gasteiger partial charge in [-0.05, 0) is 56.4 Å². The molecule has 3 heterocycles. The van der Waals surface area contributed by atoms with Gasteiger partial charge in [0.2, 0.25) is 0 Å². The molecule has 4 rings (SSSR count). The fraction of sp³-hybridized carbons (Fsp3) is 0.474. The van der Waals surface area contributed by atoms with Crippen molar-refractivity contribution in [3.63, 3.8) is 0 Å². The third kappa shape index (κ3) is 4.63. The number of anilines is 1. The first-order valence-electron chi connectivity index (χ1n) is 9.06. The molecular weight excluding hydrogens is 387 g/mol. The van der Waals surface area contributed by atoms with Crippen molar-refractivity contribution in [1.82, 2.24) is 9.55 Å². The third-order valence-corrected chi connectivity index (χ3v) is 5.08. The summed E-state index contributed by atoms with van der Waals surface area (Å²) in [5.41, 5.74) is 8.76. The van der Waals surface area contributed by atoms with Gasteiger partial charge in [-0.1, -0.05) is 0 Å². The van der Waals surface area contributed by atoms with Gasteiger partial charge in [0.15, 0.2) is 0 Å². The maximum absolute atomic E-state index is 12.3. The number of carbonyl (C=O) groups is 1. The van der Waals surface area contributed by atoms with Crippen molar-refractivity contribution in [2.24, 2.45) is 5.73 Å². The standard InChI is InChI=1S/C19H24N4O2.2ClH/c20-11-16-8-9-17(25-16)19(24)22-14-6-4-13(5-7-14)18-21-12-15-3-1-2-10-23(15)18;;/h4-7,12,16-17H,1-3,8-11,20H2,(H,22,24);2*1H/t16-,17+;;/m1../s1. The van der Waals surface area contributed by atoms with E-state index in [0.717, 1.165) is 42.9 Å². The van der Waals surface area contributed by atoms with Crippen molar-refractivity contribution in [2.75, 3.05) is 11.9 Å². The van der Waals surface area contributed by atoms with E-state index in [0.29, 0.717) is 6.54 Å². The van der Waals surface area contributed by atoms with E-state index in [1.807, 2.05) is 30.5 Å². The number of nitrogens with zero attached hydrogens (tertiary/aromatic N) is 2. The van der Waals surface area contributed by atoms with Crippen molar-refractivity contribution in [1.29, 1.82) is 0 Å². The molecule has 1 amide bonds. The lowest BCUT2D eigenvalue weighted by molar-refractivity contribution is -0.126. The molecule has 2 atom stereocenters. The predicted octanol–water partition coefficient (Wildman–Crippen LogP) is 3.17. The van der Waals surface area contributed by atoms with Crippen LogP contribution < -0.4 is 11.1 Å². The quantitative estimate of drug-likeness (QED) is 0.807. The van der Waals surface area contributed by atoms with Crippen molar-refractivity contribution < 1.29 is 9.53 Å². The van der Waals surface area contributed by atoms with E-state index < -0.39 is 6.10 Å². The summed E-state index contributed by atoms with van der Waals surface area (Å²) in [5, 5.41) is 2.93. The van der Waals surface area contributed by atoms with Gasteiger partial charge in [-0.2, -0.15) is 0 Å². The minimum absolute atomic E-state index is 0. The first-order chi connectivity index (χ1) is 12.2. The van der Waals surface area contributed by atoms with Crippen LogP contribution in [-0.4, -0.2) is 34.2 Å². The van der Waals surface area contributed by atoms with Crippen molar-refractivity contribution in [2.45, 2.75) is 50.9 Å². The first kappa shape index (κ1) is 21.7. The minimum atomic E-state index is -0.396. The molecule has 27 heavy (non-hydrogen) atoms. The zero-order valence-corrected chi connectivity index (χ0v) is 16.7. The Kier molecular flexibility index (Phi) is 7.68. The Morgan fingerprint density at radius 1 is 1.22 bits per heavy atom. The fourth-order valence-electron chi connectivity index (χ4n) is 3.66. The van der Waals surface area contributed by atoms with Gasteiger partial charge in [-0.3, -0.25) is 4.79 Å². The summed E-state index contributed by atoms with van der Waals surface area (Å²) in [5.74, 6) is 0.916. The molecule has 2 aromatic rings. The fourth-order valence-corrected chi connectivity index (χ4v) is 3.66. The Hall–Kier alpha value is -1.60. The van der Waals surface area contributed by atoms with Crippen molar-refractivity contribution in [3.05, 3.63) is 36.2 Å². The number of aryl methyl sites for hydroxylation is 1. The molecule has 0 radical (unpaired) electrons. The Morgan fingerprint density at radius 3 is 2.70 bits per heavy atom. The number of imidazole rings is 1. The molecular formula is C19H26Cl2N4O2. The zero-order valence-electron chi connectivity index (χ0n) is 15.1. The third-order valence-electron chi connectivity index (χ3n) is 5.08. The Bertz CT molecular complexity index is 764. The predicted molar refractivity (Wildman–Crippen MR) is 111 cm³/mol. The van der Waals surface area contributed by atoms with Crippen LogP contribution in [0.5, 0.6) is 0 Å². The van der Waals surface area contributed by atoms with E-state index in [2.05, 4.69) is 14.9 Å². The van der Waals surface area contributed by atoms with Gasteiger partial charge < -0.3 is 20.4 Å². The summed E-state index contributed by atoms with van der Waals surface area (Å²) in [6, 6.07) is 7.87. The van der Waals surface area contributed by atoms with Crippen LogP contribution in [0.4, 0.5) is 5.69 Å². The number of benzene rings is 1. The Labute approximate surface area is 171 Å². The number of rotatable bonds is 4. The molecule has 0 aliphatic carbocycles. The molecule has 2 aliphatic heterocycles. The summed E-state index contributed by atoms with van der Waals surface area (Å²) in [6.07, 6.45) is 6.71. The molecule has 2 aliphatic rings. The second-order valence-electron chi connectivity index (χ2n) is 6.81. The highest BCUT2D eigenvalue weighted by Gasteiger charge is 2.29. The van der Waals surface area contributed by atoms with Crippen LogP contribution in [0.1, 0.15) is 31.4 Å². The van der Waals surface area contributed by atoms with Crippen LogP contribution in [-0.2, 0) is 22.5 Å². The second-order valence-corrected chi connectivity index (χ2v) is 6.81. The maximum Gasteiger partial charge on any atom is 0.253 e. The summed E-state index contributed by atoms with van der Waals surface area (Å²) >= 11 is 0. The number of nitrogens with two attached hydrogens (primary N) is 1. The number of amides is 1. The number of hydrogen-bond donors (Lipinski definition) is 2. The molecule has 8 heteroatoms. The smallest absolute Gasteiger partial charge is 0.253 e. The molecule has 0 spiro atoms. The van der Waals surface area contributed by atoms with Crippen molar-refractivity contribution in [3.8, 4) is 11.4 Å². The van der Waals surface area contributed by atoms with Crippen LogP contribution in [0.2, 0.25) is 0 Å². The van der Waals surface area contributed by atoms with Gasteiger partial charge in [0.25, 0.3) is 5.91 Å². The Morgan fingerprint density at radius 2 is 2.00 bits per heavy atom. The van der Waals surface area contributed by atoms with E-state index in [1.54, 1.807) is 0 Å². The van der Waals surface area contributed by atoms with E-state index >= 15 is 0 Å². The molecule has 6 nitrogen and oxygen atoms in total. The number of ether oxygens (including phenoxy) is 1. The number of hydrogen-bond acceptors (Lipinski definition) is 4. The number of carbonyl (C=O) groups excluding carboxylic acids is 1. The van der Waals surface area contributed by atoms with Gasteiger partial charge >= 0.3 is 0 Å². The Balaban J connectivity index is 0.00000131. The molecule has 3 N–H and O–H groups in total. The van der Waals surface area contributed by atoms with Gasteiger partial charge in [0.1, 0.15) is 11.9 Å². The number of nitrogens with one attached hydrogen (secondary N) is 1. The van der Waals surface area contributed by atoms with Gasteiger partial charge in [-0.25, -0.2) is 4.98 Å². The molecule has 148 valence electrons. The molecule has 0 bridgehead atoms. The highest BCUT2D eigenvalue weighted by atomic mass is 35.5. The number of halogens is 2. The van der Waals surface area contributed by atoms with Crippen molar-refractivity contribution >= 4 is 36.4 Å². The summed E-state index contributed by atoms with van der Waals surface area (Å²) in [4.78, 5) is 16.9. The van der Waals surface area contributed by atoms with Crippen LogP contribution in [0, 0.1) is 0 Å². The zero-order chi connectivity index (χ0) is 17.2. The largest absolute Gasteiger partial charge is 0.364 e. The van der Waals surface area contributed by atoms with Crippen LogP contribution >= 0.6 is 24.8 Å². The highest BCUT2D eigenvalue weighted by molar-refractivity contribution is 5.94. The van der Waals surface area contributed by atoms with E-state index in [4.69, 9.17) is 10.5 Å². The molecule has 0 saturated carbocycles. The lowest BCUT2D eigenvalue weighted by atomic mass is 10.1. The van der Waals surface area contributed by atoms with Crippen LogP contribution in [0.25, 0.3) is 11.4 Å². The SMILES string of the molecule is Cl.Cl.NC[C@H]1CC[C@@H](C(=O)Nc2ccc(-c3ncc4n3CCCC4)cc2)O1. The van der Waals surface area contributed by atoms with Crippen LogP contribution in [0.15, 0.2) is 30.5 Å². The van der Waals surface area contributed by atoms with E-state index in [9.17, 15) is 4.79 Å². The topological polar surface area (TPSA) is 82.2 Å². The molecule has 1 aromatic carbocycles. The minimum Gasteiger partial charge on any atom is -0.364 e. The van der Waals surface area contributed by atoms with Gasteiger partial charge in [0.05, 0.1) is 6.10 Å². The summed E-state index contributed by atoms with van der Waals surface area (Å²) in [7, 11) is 0. The molecule has 0 unspecified atom stereocenters. The monoisotopic (exact) mass is 412 g/mol. The highest BCUT2D eigenvalue weighted by Crippen LogP contribution is 2.26. The lowest BCUT2D eigenvalue weighted by Gasteiger charge is -2.17. The van der Waals surface area contributed by atoms with Gasteiger partial charge in [-0.15, -0.1) is 24.8 Å². The lowest BCUT2D eigenvalue weighted by Crippen LogP contribution is -2.29. The molecule has 1 saturated heterocycles. The first-order valence-corrected chi connectivity index (χ1v) is 9.06. The number of fused-ring (bicyclic) bond motifs is 1. The maximum atomic E-state index is 12.3. The molecule has 1 aromatic heterocycles.